The molecule has 11 rings (SSSR count). The lowest BCUT2D eigenvalue weighted by Gasteiger charge is -2.44. The van der Waals surface area contributed by atoms with Crippen molar-refractivity contribution in [2.24, 2.45) is 4.99 Å². The van der Waals surface area contributed by atoms with Gasteiger partial charge in [0.05, 0.1) is 29.6 Å². The van der Waals surface area contributed by atoms with Crippen molar-refractivity contribution in [2.75, 3.05) is 55.6 Å². The van der Waals surface area contributed by atoms with E-state index < -0.39 is 5.60 Å². The molecule has 65 heavy (non-hydrogen) atoms. The minimum atomic E-state index is -0.738. The fraction of sp³-hybridized carbons (Fsp3) is 0.373. The van der Waals surface area contributed by atoms with Gasteiger partial charge in [-0.1, -0.05) is 48.5 Å². The van der Waals surface area contributed by atoms with E-state index in [1.165, 1.54) is 27.1 Å². The van der Waals surface area contributed by atoms with Crippen LogP contribution < -0.4 is 9.80 Å². The first-order valence-corrected chi connectivity index (χ1v) is 23.7. The number of hydrogen-bond donors (Lipinski definition) is 2. The number of benzene rings is 3. The normalized spacial score (nSPS) is 20.7. The molecule has 3 aliphatic heterocycles. The highest BCUT2D eigenvalue weighted by atomic mass is 32.1. The Kier molecular flexibility index (Phi) is 10.8. The summed E-state index contributed by atoms with van der Waals surface area (Å²) >= 11 is 1.75. The minimum absolute atomic E-state index is 0.0661. The summed E-state index contributed by atoms with van der Waals surface area (Å²) in [7, 11) is 0. The largest absolute Gasteiger partial charge is 0.508 e. The van der Waals surface area contributed by atoms with Crippen LogP contribution in [-0.4, -0.2) is 102 Å². The molecule has 14 heteroatoms. The predicted molar refractivity (Wildman–Crippen MR) is 253 cm³/mol. The molecule has 2 fully saturated rings. The third-order valence-electron chi connectivity index (χ3n) is 14.3. The van der Waals surface area contributed by atoms with Crippen molar-refractivity contribution in [1.29, 1.82) is 0 Å². The number of thiophene rings is 1. The Morgan fingerprint density at radius 2 is 1.63 bits per heavy atom. The summed E-state index contributed by atoms with van der Waals surface area (Å²) < 4.78 is 7.83. The number of rotatable bonds is 9. The van der Waals surface area contributed by atoms with Gasteiger partial charge in [0.25, 0.3) is 0 Å². The fourth-order valence-corrected chi connectivity index (χ4v) is 11.9. The molecule has 2 N–H and O–H groups in total. The van der Waals surface area contributed by atoms with E-state index in [1.807, 2.05) is 13.0 Å². The van der Waals surface area contributed by atoms with Crippen LogP contribution in [0.4, 0.5) is 11.5 Å². The van der Waals surface area contributed by atoms with Crippen LogP contribution in [0.25, 0.3) is 5.00 Å². The Morgan fingerprint density at radius 1 is 0.831 bits per heavy atom. The maximum atomic E-state index is 11.9. The molecular weight excluding hydrogens is 833 g/mol. The summed E-state index contributed by atoms with van der Waals surface area (Å²) in [4.78, 5) is 18.2. The maximum absolute atomic E-state index is 11.9. The molecule has 0 saturated carbocycles. The van der Waals surface area contributed by atoms with Crippen molar-refractivity contribution in [3.05, 3.63) is 159 Å². The molecule has 7 heterocycles. The van der Waals surface area contributed by atoms with Crippen molar-refractivity contribution < 1.29 is 14.6 Å². The molecule has 0 amide bonds. The molecule has 3 aromatic carbocycles. The fourth-order valence-electron chi connectivity index (χ4n) is 10.7. The standard InChI is InChI=1S/C51H54N10O3S/c1-32-33(2)65-50-46(32)48(53-43(30-45-52-21-28-64-45)49-57-54-34(3)61(49)50)36-9-12-38(13-10-36)59-22-19-51(63,20-23-59)31-58-24-26-60(27-25-58)44-18-17-42(55-56-44)47-40(35-7-5-4-6-8-35)15-11-37-29-39(62)14-16-41(37)47/h4-10,12-14,16-18,21,28-29,40,43,47,62-63H,11,15,19-20,22-27,30-31H2,1-3H3/t40-,43-,47+/m0/s1. The number of aliphatic hydroxyl groups is 1. The number of piperazine rings is 1. The van der Waals surface area contributed by atoms with Crippen molar-refractivity contribution in [2.45, 2.75) is 76.4 Å². The molecule has 332 valence electrons. The molecule has 0 radical (unpaired) electrons. The molecule has 4 aromatic heterocycles. The van der Waals surface area contributed by atoms with Crippen LogP contribution in [0.2, 0.25) is 0 Å². The van der Waals surface area contributed by atoms with E-state index in [4.69, 9.17) is 19.6 Å². The van der Waals surface area contributed by atoms with Crippen molar-refractivity contribution in [3.8, 4) is 10.8 Å². The zero-order valence-corrected chi connectivity index (χ0v) is 38.0. The lowest BCUT2D eigenvalue weighted by Crippen LogP contribution is -2.55. The average molecular weight is 887 g/mol. The number of aromatic hydroxyl groups is 1. The van der Waals surface area contributed by atoms with E-state index in [0.717, 1.165) is 103 Å². The summed E-state index contributed by atoms with van der Waals surface area (Å²) in [6, 6.07) is 29.2. The van der Waals surface area contributed by atoms with Crippen LogP contribution in [0.5, 0.6) is 5.75 Å². The number of aromatic nitrogens is 6. The molecule has 4 aliphatic rings. The van der Waals surface area contributed by atoms with Gasteiger partial charge < -0.3 is 24.4 Å². The van der Waals surface area contributed by atoms with Gasteiger partial charge in [0.1, 0.15) is 28.9 Å². The number of phenols is 1. The summed E-state index contributed by atoms with van der Waals surface area (Å²) in [5, 5.41) is 42.0. The van der Waals surface area contributed by atoms with Crippen LogP contribution in [-0.2, 0) is 12.8 Å². The van der Waals surface area contributed by atoms with E-state index in [0.29, 0.717) is 37.4 Å². The first-order chi connectivity index (χ1) is 31.7. The zero-order chi connectivity index (χ0) is 44.2. The topological polar surface area (TPSA) is 145 Å². The number of β-amino-alcohol motifs (C(OH)–C–C–N with tert-alkyl or cyclic N) is 1. The number of nitrogens with zero attached hydrogens (tertiary/aromatic N) is 10. The van der Waals surface area contributed by atoms with Gasteiger partial charge in [0, 0.05) is 73.4 Å². The Labute approximate surface area is 383 Å². The number of fused-ring (bicyclic) bond motifs is 4. The third kappa shape index (κ3) is 7.91. The van der Waals surface area contributed by atoms with Crippen LogP contribution in [0.3, 0.4) is 0 Å². The van der Waals surface area contributed by atoms with Gasteiger partial charge in [-0.25, -0.2) is 4.98 Å². The molecule has 2 saturated heterocycles. The second kappa shape index (κ2) is 17.0. The van der Waals surface area contributed by atoms with Crippen molar-refractivity contribution in [3.63, 3.8) is 0 Å². The molecule has 3 atom stereocenters. The number of phenolic OH excluding ortho intramolecular Hbond substituents is 1. The number of hydrogen-bond acceptors (Lipinski definition) is 13. The second-order valence-corrected chi connectivity index (χ2v) is 19.5. The molecular formula is C51H54N10O3S. The molecule has 0 spiro atoms. The van der Waals surface area contributed by atoms with Gasteiger partial charge in [0.2, 0.25) is 0 Å². The van der Waals surface area contributed by atoms with E-state index in [-0.39, 0.29) is 17.9 Å². The molecule has 0 bridgehead atoms. The maximum Gasteiger partial charge on any atom is 0.196 e. The number of anilines is 2. The van der Waals surface area contributed by atoms with E-state index in [2.05, 4.69) is 121 Å². The lowest BCUT2D eigenvalue weighted by atomic mass is 9.70. The highest BCUT2D eigenvalue weighted by Gasteiger charge is 2.37. The van der Waals surface area contributed by atoms with Crippen molar-refractivity contribution in [1.82, 2.24) is 34.8 Å². The Bertz CT molecular complexity index is 2820. The van der Waals surface area contributed by atoms with Crippen LogP contribution in [0, 0.1) is 20.8 Å². The van der Waals surface area contributed by atoms with E-state index in [1.54, 1.807) is 29.9 Å². The smallest absolute Gasteiger partial charge is 0.196 e. The molecule has 7 aromatic rings. The van der Waals surface area contributed by atoms with Gasteiger partial charge in [0.15, 0.2) is 17.5 Å². The zero-order valence-electron chi connectivity index (χ0n) is 37.1. The summed E-state index contributed by atoms with van der Waals surface area (Å²) in [6.45, 7) is 12.0. The van der Waals surface area contributed by atoms with Crippen LogP contribution in [0.1, 0.15) is 98.6 Å². The summed E-state index contributed by atoms with van der Waals surface area (Å²) in [6.07, 6.45) is 7.08. The Hall–Kier alpha value is -6.22. The number of oxazole rings is 1. The number of aliphatic imine (C=N–C) groups is 1. The van der Waals surface area contributed by atoms with Gasteiger partial charge in [-0.3, -0.25) is 14.5 Å². The van der Waals surface area contributed by atoms with Gasteiger partial charge in [-0.2, -0.15) is 5.10 Å². The highest BCUT2D eigenvalue weighted by molar-refractivity contribution is 7.15. The lowest BCUT2D eigenvalue weighted by molar-refractivity contribution is -0.0173. The summed E-state index contributed by atoms with van der Waals surface area (Å²) in [5.41, 5.74) is 9.41. The average Bonchev–Trinajstić information content (AvgIpc) is 4.04. The molecule has 13 nitrogen and oxygen atoms in total. The van der Waals surface area contributed by atoms with Crippen LogP contribution >= 0.6 is 11.3 Å². The van der Waals surface area contributed by atoms with Crippen LogP contribution in [0.15, 0.2) is 107 Å². The minimum Gasteiger partial charge on any atom is -0.508 e. The number of aryl methyl sites for hydroxylation is 3. The first-order valence-electron chi connectivity index (χ1n) is 22.9. The second-order valence-electron chi connectivity index (χ2n) is 18.3. The van der Waals surface area contributed by atoms with E-state index >= 15 is 0 Å². The van der Waals surface area contributed by atoms with Gasteiger partial charge in [-0.05, 0) is 111 Å². The highest BCUT2D eigenvalue weighted by Crippen LogP contribution is 2.47. The third-order valence-corrected chi connectivity index (χ3v) is 15.5. The van der Waals surface area contributed by atoms with E-state index in [9.17, 15) is 10.2 Å². The Balaban J connectivity index is 0.730. The molecule has 0 unspecified atom stereocenters. The Morgan fingerprint density at radius 3 is 2.37 bits per heavy atom. The molecule has 1 aliphatic carbocycles. The number of piperidine rings is 1. The predicted octanol–water partition coefficient (Wildman–Crippen LogP) is 7.89. The monoisotopic (exact) mass is 886 g/mol. The van der Waals surface area contributed by atoms with Crippen molar-refractivity contribution >= 4 is 28.6 Å². The SMILES string of the molecule is Cc1sc2c(c1C)C(c1ccc(N3CCC(O)(CN4CCN(c5ccc([C@H]6c7ccc(O)cc7CC[C@H]6c6ccccc6)nn5)CC4)CC3)cc1)=N[C@@H](Cc1ncco1)c1nnc(C)n1-2. The van der Waals surface area contributed by atoms with Gasteiger partial charge in [-0.15, -0.1) is 26.6 Å². The summed E-state index contributed by atoms with van der Waals surface area (Å²) in [5.74, 6) is 3.79. The van der Waals surface area contributed by atoms with Gasteiger partial charge >= 0.3 is 0 Å². The first kappa shape index (κ1) is 41.5. The quantitative estimate of drug-likeness (QED) is 0.146.